The van der Waals surface area contributed by atoms with E-state index in [1.165, 1.54) is 7.11 Å². The van der Waals surface area contributed by atoms with E-state index >= 15 is 0 Å². The molecule has 114 valence electrons. The first-order chi connectivity index (χ1) is 10.7. The van der Waals surface area contributed by atoms with Crippen LogP contribution in [0.3, 0.4) is 0 Å². The number of hydrogen-bond donors (Lipinski definition) is 1. The highest BCUT2D eigenvalue weighted by Crippen LogP contribution is 2.19. The summed E-state index contributed by atoms with van der Waals surface area (Å²) < 4.78 is 4.68. The van der Waals surface area contributed by atoms with Crippen molar-refractivity contribution in [3.8, 4) is 11.4 Å². The molecule has 2 aromatic heterocycles. The van der Waals surface area contributed by atoms with Crippen LogP contribution in [-0.4, -0.2) is 52.2 Å². The summed E-state index contributed by atoms with van der Waals surface area (Å²) in [6.45, 7) is 3.14. The van der Waals surface area contributed by atoms with Crippen molar-refractivity contribution < 1.29 is 9.53 Å². The van der Waals surface area contributed by atoms with Crippen LogP contribution in [0.25, 0.3) is 11.4 Å². The normalized spacial score (nSPS) is 14.4. The smallest absolute Gasteiger partial charge is 0.409 e. The van der Waals surface area contributed by atoms with Crippen LogP contribution >= 0.6 is 0 Å². The molecule has 1 aliphatic heterocycles. The Morgan fingerprint density at radius 3 is 2.91 bits per heavy atom. The standard InChI is InChI=1S/C15H17N5O2/c1-10-6-13(18-12-8-20(9-12)15(21)22-2)19-14(17-10)11-4-3-5-16-7-11/h3-7,12H,8-9H2,1-2H3,(H,17,18,19). The van der Waals surface area contributed by atoms with E-state index in [1.54, 1.807) is 17.3 Å². The number of carbonyl (C=O) groups is 1. The Kier molecular flexibility index (Phi) is 3.86. The van der Waals surface area contributed by atoms with Crippen LogP contribution in [0.4, 0.5) is 10.6 Å². The van der Waals surface area contributed by atoms with Gasteiger partial charge in [0, 0.05) is 42.8 Å². The van der Waals surface area contributed by atoms with Gasteiger partial charge in [-0.25, -0.2) is 14.8 Å². The van der Waals surface area contributed by atoms with Crippen molar-refractivity contribution in [2.24, 2.45) is 0 Å². The molecule has 22 heavy (non-hydrogen) atoms. The van der Waals surface area contributed by atoms with E-state index in [0.717, 1.165) is 17.1 Å². The summed E-state index contributed by atoms with van der Waals surface area (Å²) in [7, 11) is 1.39. The molecule has 1 saturated heterocycles. The van der Waals surface area contributed by atoms with Crippen molar-refractivity contribution in [2.75, 3.05) is 25.5 Å². The Balaban J connectivity index is 1.71. The predicted octanol–water partition coefficient (Wildman–Crippen LogP) is 1.71. The van der Waals surface area contributed by atoms with Crippen LogP contribution in [0.2, 0.25) is 0 Å². The highest BCUT2D eigenvalue weighted by molar-refractivity contribution is 5.69. The van der Waals surface area contributed by atoms with Gasteiger partial charge in [-0.2, -0.15) is 0 Å². The molecule has 0 radical (unpaired) electrons. The van der Waals surface area contributed by atoms with Gasteiger partial charge in [-0.1, -0.05) is 0 Å². The Morgan fingerprint density at radius 2 is 2.23 bits per heavy atom. The van der Waals surface area contributed by atoms with Gasteiger partial charge in [0.1, 0.15) is 5.82 Å². The number of ether oxygens (including phenoxy) is 1. The monoisotopic (exact) mass is 299 g/mol. The van der Waals surface area contributed by atoms with E-state index in [-0.39, 0.29) is 12.1 Å². The Labute approximate surface area is 128 Å². The van der Waals surface area contributed by atoms with Gasteiger partial charge in [0.25, 0.3) is 0 Å². The van der Waals surface area contributed by atoms with Gasteiger partial charge in [0.2, 0.25) is 0 Å². The summed E-state index contributed by atoms with van der Waals surface area (Å²) in [5.74, 6) is 1.39. The maximum atomic E-state index is 11.3. The molecule has 7 heteroatoms. The molecule has 2 aromatic rings. The number of aryl methyl sites for hydroxylation is 1. The molecule has 0 unspecified atom stereocenters. The molecule has 0 aliphatic carbocycles. The second kappa shape index (κ2) is 5.97. The molecule has 7 nitrogen and oxygen atoms in total. The first kappa shape index (κ1) is 14.2. The second-order valence-electron chi connectivity index (χ2n) is 5.18. The van der Waals surface area contributed by atoms with E-state index < -0.39 is 0 Å². The van der Waals surface area contributed by atoms with E-state index in [9.17, 15) is 4.79 Å². The van der Waals surface area contributed by atoms with Crippen molar-refractivity contribution in [3.63, 3.8) is 0 Å². The number of nitrogens with zero attached hydrogens (tertiary/aromatic N) is 4. The molecule has 0 spiro atoms. The summed E-state index contributed by atoms with van der Waals surface area (Å²) in [5.41, 5.74) is 1.75. The van der Waals surface area contributed by atoms with E-state index in [2.05, 4.69) is 25.0 Å². The molecule has 1 aliphatic rings. The van der Waals surface area contributed by atoms with Gasteiger partial charge in [-0.05, 0) is 19.1 Å². The Bertz CT molecular complexity index is 671. The van der Waals surface area contributed by atoms with Crippen LogP contribution in [0.1, 0.15) is 5.69 Å². The molecule has 1 amide bonds. The number of aromatic nitrogens is 3. The van der Waals surface area contributed by atoms with Crippen molar-refractivity contribution in [2.45, 2.75) is 13.0 Å². The average molecular weight is 299 g/mol. The van der Waals surface area contributed by atoms with Gasteiger partial charge >= 0.3 is 6.09 Å². The lowest BCUT2D eigenvalue weighted by Crippen LogP contribution is -2.57. The van der Waals surface area contributed by atoms with E-state index in [0.29, 0.717) is 18.9 Å². The first-order valence-electron chi connectivity index (χ1n) is 7.01. The fourth-order valence-electron chi connectivity index (χ4n) is 2.32. The van der Waals surface area contributed by atoms with Crippen molar-refractivity contribution in [3.05, 3.63) is 36.3 Å². The van der Waals surface area contributed by atoms with E-state index in [4.69, 9.17) is 0 Å². The number of rotatable bonds is 3. The van der Waals surface area contributed by atoms with Crippen molar-refractivity contribution in [1.29, 1.82) is 0 Å². The number of pyridine rings is 1. The summed E-state index contributed by atoms with van der Waals surface area (Å²) >= 11 is 0. The zero-order valence-electron chi connectivity index (χ0n) is 12.5. The third kappa shape index (κ3) is 2.98. The lowest BCUT2D eigenvalue weighted by molar-refractivity contribution is 0.0929. The summed E-state index contributed by atoms with van der Waals surface area (Å²) in [5, 5.41) is 3.32. The minimum Gasteiger partial charge on any atom is -0.453 e. The fourth-order valence-corrected chi connectivity index (χ4v) is 2.32. The number of likely N-dealkylation sites (tertiary alicyclic amines) is 1. The summed E-state index contributed by atoms with van der Waals surface area (Å²) in [6.07, 6.45) is 3.16. The van der Waals surface area contributed by atoms with Crippen LogP contribution < -0.4 is 5.32 Å². The van der Waals surface area contributed by atoms with Gasteiger partial charge in [-0.15, -0.1) is 0 Å². The van der Waals surface area contributed by atoms with E-state index in [1.807, 2.05) is 25.1 Å². The molecule has 1 fully saturated rings. The van der Waals surface area contributed by atoms with Crippen molar-refractivity contribution in [1.82, 2.24) is 19.9 Å². The summed E-state index contributed by atoms with van der Waals surface area (Å²) in [4.78, 5) is 26.0. The molecule has 3 heterocycles. The van der Waals surface area contributed by atoms with Crippen LogP contribution in [-0.2, 0) is 4.74 Å². The van der Waals surface area contributed by atoms with Gasteiger partial charge in [-0.3, -0.25) is 4.98 Å². The number of nitrogens with one attached hydrogen (secondary N) is 1. The largest absolute Gasteiger partial charge is 0.453 e. The Hall–Kier alpha value is -2.70. The molecule has 0 saturated carbocycles. The number of anilines is 1. The zero-order valence-corrected chi connectivity index (χ0v) is 12.5. The maximum Gasteiger partial charge on any atom is 0.409 e. The third-order valence-corrected chi connectivity index (χ3v) is 3.44. The minimum absolute atomic E-state index is 0.176. The quantitative estimate of drug-likeness (QED) is 0.929. The number of amides is 1. The number of methoxy groups -OCH3 is 1. The highest BCUT2D eigenvalue weighted by Gasteiger charge is 2.31. The predicted molar refractivity (Wildman–Crippen MR) is 81.4 cm³/mol. The molecule has 1 N–H and O–H groups in total. The van der Waals surface area contributed by atoms with Gasteiger partial charge in [0.15, 0.2) is 5.82 Å². The third-order valence-electron chi connectivity index (χ3n) is 3.44. The molecular formula is C15H17N5O2. The zero-order chi connectivity index (χ0) is 15.5. The highest BCUT2D eigenvalue weighted by atomic mass is 16.5. The van der Waals surface area contributed by atoms with Crippen LogP contribution in [0, 0.1) is 6.92 Å². The molecule has 0 atom stereocenters. The first-order valence-corrected chi connectivity index (χ1v) is 7.01. The molecule has 0 aromatic carbocycles. The van der Waals surface area contributed by atoms with Gasteiger partial charge in [0.05, 0.1) is 13.2 Å². The Morgan fingerprint density at radius 1 is 1.41 bits per heavy atom. The molecule has 3 rings (SSSR count). The lowest BCUT2D eigenvalue weighted by atomic mass is 10.1. The van der Waals surface area contributed by atoms with Crippen LogP contribution in [0.5, 0.6) is 0 Å². The minimum atomic E-state index is -0.298. The van der Waals surface area contributed by atoms with Crippen molar-refractivity contribution >= 4 is 11.9 Å². The average Bonchev–Trinajstić information content (AvgIpc) is 2.50. The fraction of sp³-hybridized carbons (Fsp3) is 0.333. The SMILES string of the molecule is COC(=O)N1CC(Nc2cc(C)nc(-c3cccnc3)n2)C1. The number of hydrogen-bond acceptors (Lipinski definition) is 6. The summed E-state index contributed by atoms with van der Waals surface area (Å²) in [6, 6.07) is 5.85. The number of carbonyl (C=O) groups excluding carboxylic acids is 1. The molecular weight excluding hydrogens is 282 g/mol. The molecule has 0 bridgehead atoms. The topological polar surface area (TPSA) is 80.2 Å². The lowest BCUT2D eigenvalue weighted by Gasteiger charge is -2.38. The van der Waals surface area contributed by atoms with Crippen LogP contribution in [0.15, 0.2) is 30.6 Å². The van der Waals surface area contributed by atoms with Gasteiger partial charge < -0.3 is 15.0 Å². The second-order valence-corrected chi connectivity index (χ2v) is 5.18. The maximum absolute atomic E-state index is 11.3.